The molecule has 7 nitrogen and oxygen atoms in total. The maximum Gasteiger partial charge on any atom is 0.219 e. The highest BCUT2D eigenvalue weighted by molar-refractivity contribution is 5.99. The number of hydrogen-bond acceptors (Lipinski definition) is 5. The molecule has 0 fully saturated rings. The summed E-state index contributed by atoms with van der Waals surface area (Å²) in [4.78, 5) is 19.0. The summed E-state index contributed by atoms with van der Waals surface area (Å²) in [5.41, 5.74) is 1.55. The first kappa shape index (κ1) is 20.4. The van der Waals surface area contributed by atoms with Crippen LogP contribution in [0.5, 0.6) is 23.1 Å². The lowest BCUT2D eigenvalue weighted by Crippen LogP contribution is -2.29. The minimum absolute atomic E-state index is 0.382. The van der Waals surface area contributed by atoms with Crippen molar-refractivity contribution in [3.63, 3.8) is 0 Å². The molecule has 0 spiro atoms. The first-order chi connectivity index (χ1) is 14.7. The second kappa shape index (κ2) is 10.3. The standard InChI is InChI=1S/C23H20N4O3/c1-3-17-5-9-19(10-6-17)29-21-13-14-22(25-15-21)30-20-11-7-18(8-12-20)27-23(24-4-2)26-16-28/h1,5-16H,4H2,2H3,(H2,24,26,27,28). The van der Waals surface area contributed by atoms with Crippen LogP contribution in [0.15, 0.2) is 71.9 Å². The van der Waals surface area contributed by atoms with Crippen LogP contribution in [-0.2, 0) is 4.79 Å². The third-order valence-electron chi connectivity index (χ3n) is 3.82. The van der Waals surface area contributed by atoms with Gasteiger partial charge in [0, 0.05) is 23.9 Å². The molecule has 1 aromatic heterocycles. The highest BCUT2D eigenvalue weighted by Crippen LogP contribution is 2.25. The number of hydrogen-bond donors (Lipinski definition) is 2. The number of anilines is 1. The number of guanidine groups is 1. The molecule has 0 unspecified atom stereocenters. The molecule has 0 atom stereocenters. The lowest BCUT2D eigenvalue weighted by molar-refractivity contribution is -0.108. The molecule has 0 aliphatic heterocycles. The fourth-order valence-corrected chi connectivity index (χ4v) is 2.44. The Morgan fingerprint density at radius 2 is 1.70 bits per heavy atom. The zero-order chi connectivity index (χ0) is 21.2. The number of carbonyl (C=O) groups is 1. The van der Waals surface area contributed by atoms with Crippen molar-refractivity contribution in [2.75, 3.05) is 11.9 Å². The summed E-state index contributed by atoms with van der Waals surface area (Å²) < 4.78 is 11.5. The molecule has 0 aliphatic carbocycles. The molecule has 3 rings (SSSR count). The topological polar surface area (TPSA) is 84.8 Å². The Morgan fingerprint density at radius 1 is 1.03 bits per heavy atom. The molecule has 2 N–H and O–H groups in total. The van der Waals surface area contributed by atoms with Crippen LogP contribution < -0.4 is 20.1 Å². The third kappa shape index (κ3) is 5.84. The van der Waals surface area contributed by atoms with Gasteiger partial charge in [-0.25, -0.2) is 4.98 Å². The lowest BCUT2D eigenvalue weighted by atomic mass is 10.2. The number of ether oxygens (including phenoxy) is 2. The van der Waals surface area contributed by atoms with Gasteiger partial charge in [0.1, 0.15) is 17.2 Å². The zero-order valence-electron chi connectivity index (χ0n) is 16.3. The number of carbonyl (C=O) groups excluding carboxylic acids is 1. The number of aliphatic imine (C=N–C) groups is 1. The Bertz CT molecular complexity index is 1040. The molecule has 30 heavy (non-hydrogen) atoms. The average Bonchev–Trinajstić information content (AvgIpc) is 2.77. The van der Waals surface area contributed by atoms with Gasteiger partial charge in [-0.15, -0.1) is 6.42 Å². The van der Waals surface area contributed by atoms with Gasteiger partial charge in [-0.2, -0.15) is 0 Å². The minimum atomic E-state index is 0.382. The van der Waals surface area contributed by atoms with E-state index in [0.717, 1.165) is 11.3 Å². The van der Waals surface area contributed by atoms with Crippen molar-refractivity contribution in [2.24, 2.45) is 4.99 Å². The molecule has 150 valence electrons. The van der Waals surface area contributed by atoms with E-state index in [4.69, 9.17) is 15.9 Å². The molecule has 0 bridgehead atoms. The van der Waals surface area contributed by atoms with Gasteiger partial charge in [0.2, 0.25) is 18.2 Å². The van der Waals surface area contributed by atoms with Crippen LogP contribution >= 0.6 is 0 Å². The van der Waals surface area contributed by atoms with Crippen LogP contribution in [0, 0.1) is 12.3 Å². The van der Waals surface area contributed by atoms with E-state index in [1.807, 2.05) is 31.2 Å². The highest BCUT2D eigenvalue weighted by atomic mass is 16.5. The van der Waals surface area contributed by atoms with Gasteiger partial charge in [-0.05, 0) is 61.5 Å². The van der Waals surface area contributed by atoms with Crippen molar-refractivity contribution in [2.45, 2.75) is 6.92 Å². The minimum Gasteiger partial charge on any atom is -0.456 e. The van der Waals surface area contributed by atoms with Gasteiger partial charge in [-0.1, -0.05) is 5.92 Å². The van der Waals surface area contributed by atoms with Crippen LogP contribution in [0.4, 0.5) is 5.69 Å². The predicted molar refractivity (Wildman–Crippen MR) is 116 cm³/mol. The van der Waals surface area contributed by atoms with E-state index in [1.165, 1.54) is 0 Å². The number of rotatable bonds is 7. The van der Waals surface area contributed by atoms with Crippen LogP contribution in [0.3, 0.4) is 0 Å². The van der Waals surface area contributed by atoms with Crippen molar-refractivity contribution >= 4 is 18.1 Å². The number of terminal acetylenes is 1. The largest absolute Gasteiger partial charge is 0.456 e. The molecule has 0 aliphatic rings. The van der Waals surface area contributed by atoms with E-state index in [2.05, 4.69) is 26.5 Å². The summed E-state index contributed by atoms with van der Waals surface area (Å²) >= 11 is 0. The Balaban J connectivity index is 1.59. The molecule has 1 amide bonds. The van der Waals surface area contributed by atoms with E-state index in [1.54, 1.807) is 42.6 Å². The van der Waals surface area contributed by atoms with Gasteiger partial charge in [-0.3, -0.25) is 15.1 Å². The molecule has 0 saturated carbocycles. The second-order valence-electron chi connectivity index (χ2n) is 5.94. The van der Waals surface area contributed by atoms with Gasteiger partial charge in [0.25, 0.3) is 0 Å². The summed E-state index contributed by atoms with van der Waals surface area (Å²) in [6.07, 6.45) is 7.50. The number of benzene rings is 2. The van der Waals surface area contributed by atoms with Crippen LogP contribution in [0.25, 0.3) is 0 Å². The van der Waals surface area contributed by atoms with Crippen LogP contribution in [-0.4, -0.2) is 23.9 Å². The Hall–Kier alpha value is -4.31. The second-order valence-corrected chi connectivity index (χ2v) is 5.94. The Kier molecular flexibility index (Phi) is 7.01. The van der Waals surface area contributed by atoms with Crippen molar-refractivity contribution in [3.8, 4) is 35.5 Å². The number of pyridine rings is 1. The summed E-state index contributed by atoms with van der Waals surface area (Å²) in [6, 6.07) is 17.9. The Morgan fingerprint density at radius 3 is 2.30 bits per heavy atom. The average molecular weight is 400 g/mol. The van der Waals surface area contributed by atoms with Crippen molar-refractivity contribution in [3.05, 3.63) is 72.4 Å². The molecule has 0 radical (unpaired) electrons. The first-order valence-corrected chi connectivity index (χ1v) is 9.20. The lowest BCUT2D eigenvalue weighted by Gasteiger charge is -2.10. The summed E-state index contributed by atoms with van der Waals surface area (Å²) in [5, 5.41) is 5.53. The van der Waals surface area contributed by atoms with Crippen molar-refractivity contribution in [1.29, 1.82) is 0 Å². The van der Waals surface area contributed by atoms with E-state index >= 15 is 0 Å². The number of aromatic nitrogens is 1. The van der Waals surface area contributed by atoms with E-state index in [-0.39, 0.29) is 0 Å². The van der Waals surface area contributed by atoms with Gasteiger partial charge >= 0.3 is 0 Å². The summed E-state index contributed by atoms with van der Waals surface area (Å²) in [7, 11) is 0. The maximum atomic E-state index is 10.6. The monoisotopic (exact) mass is 400 g/mol. The molecule has 2 aromatic carbocycles. The molecule has 3 aromatic rings. The van der Waals surface area contributed by atoms with Crippen LogP contribution in [0.1, 0.15) is 12.5 Å². The zero-order valence-corrected chi connectivity index (χ0v) is 16.3. The van der Waals surface area contributed by atoms with E-state index in [0.29, 0.717) is 42.0 Å². The van der Waals surface area contributed by atoms with Gasteiger partial charge in [0.05, 0.1) is 6.20 Å². The smallest absolute Gasteiger partial charge is 0.219 e. The Labute approximate surface area is 174 Å². The molecule has 0 saturated heterocycles. The molecule has 7 heteroatoms. The van der Waals surface area contributed by atoms with E-state index < -0.39 is 0 Å². The number of nitrogens with zero attached hydrogens (tertiary/aromatic N) is 2. The fourth-order valence-electron chi connectivity index (χ4n) is 2.44. The third-order valence-corrected chi connectivity index (χ3v) is 3.82. The quantitative estimate of drug-likeness (QED) is 0.269. The predicted octanol–water partition coefficient (Wildman–Crippen LogP) is 4.18. The molecular weight excluding hydrogens is 380 g/mol. The molecular formula is C23H20N4O3. The fraction of sp³-hybridized carbons (Fsp3) is 0.0870. The normalized spacial score (nSPS) is 10.6. The molecule has 1 heterocycles. The van der Waals surface area contributed by atoms with Crippen molar-refractivity contribution in [1.82, 2.24) is 10.3 Å². The van der Waals surface area contributed by atoms with Crippen molar-refractivity contribution < 1.29 is 14.3 Å². The van der Waals surface area contributed by atoms with E-state index in [9.17, 15) is 4.79 Å². The number of amides is 1. The van der Waals surface area contributed by atoms with Gasteiger partial charge < -0.3 is 14.8 Å². The number of nitrogens with one attached hydrogen (secondary N) is 2. The van der Waals surface area contributed by atoms with Gasteiger partial charge in [0.15, 0.2) is 0 Å². The highest BCUT2D eigenvalue weighted by Gasteiger charge is 2.03. The summed E-state index contributed by atoms with van der Waals surface area (Å²) in [6.45, 7) is 2.43. The maximum absolute atomic E-state index is 10.6. The first-order valence-electron chi connectivity index (χ1n) is 9.20. The SMILES string of the molecule is C#Cc1ccc(Oc2ccc(Oc3ccc(NC(=NCC)NC=O)cc3)nc2)cc1. The van der Waals surface area contributed by atoms with Crippen LogP contribution in [0.2, 0.25) is 0 Å². The summed E-state index contributed by atoms with van der Waals surface area (Å²) in [5.74, 6) is 5.24.